The van der Waals surface area contributed by atoms with Crippen LogP contribution in [0.1, 0.15) is 25.3 Å². The highest BCUT2D eigenvalue weighted by Gasteiger charge is 2.32. The molecule has 138 valence electrons. The van der Waals surface area contributed by atoms with Gasteiger partial charge in [0.2, 0.25) is 0 Å². The SMILES string of the molecule is CCOc1cccc(CNC(=NC)N2CCOC(C3CCCO3)C2)c1. The van der Waals surface area contributed by atoms with Gasteiger partial charge in [-0.15, -0.1) is 0 Å². The third kappa shape index (κ3) is 4.86. The van der Waals surface area contributed by atoms with Gasteiger partial charge in [0, 0.05) is 33.3 Å². The van der Waals surface area contributed by atoms with Crippen LogP contribution in [0.5, 0.6) is 5.75 Å². The largest absolute Gasteiger partial charge is 0.494 e. The summed E-state index contributed by atoms with van der Waals surface area (Å²) in [7, 11) is 1.83. The fourth-order valence-corrected chi connectivity index (χ4v) is 3.41. The number of hydrogen-bond acceptors (Lipinski definition) is 4. The molecule has 0 aromatic heterocycles. The Morgan fingerprint density at radius 1 is 1.32 bits per heavy atom. The fourth-order valence-electron chi connectivity index (χ4n) is 3.41. The van der Waals surface area contributed by atoms with Gasteiger partial charge in [0.15, 0.2) is 5.96 Å². The molecule has 6 nitrogen and oxygen atoms in total. The Labute approximate surface area is 150 Å². The van der Waals surface area contributed by atoms with Gasteiger partial charge in [-0.2, -0.15) is 0 Å². The van der Waals surface area contributed by atoms with Crippen molar-refractivity contribution in [2.75, 3.05) is 40.0 Å². The Bertz CT molecular complexity index is 573. The molecule has 2 aliphatic heterocycles. The van der Waals surface area contributed by atoms with E-state index in [9.17, 15) is 0 Å². The van der Waals surface area contributed by atoms with E-state index in [4.69, 9.17) is 14.2 Å². The summed E-state index contributed by atoms with van der Waals surface area (Å²) in [5, 5.41) is 3.46. The smallest absolute Gasteiger partial charge is 0.194 e. The van der Waals surface area contributed by atoms with Crippen molar-refractivity contribution in [3.05, 3.63) is 29.8 Å². The van der Waals surface area contributed by atoms with Crippen LogP contribution in [0.2, 0.25) is 0 Å². The van der Waals surface area contributed by atoms with Crippen molar-refractivity contribution in [1.82, 2.24) is 10.2 Å². The molecule has 0 amide bonds. The Morgan fingerprint density at radius 3 is 2.96 bits per heavy atom. The molecule has 2 saturated heterocycles. The Kier molecular flexibility index (Phi) is 6.53. The standard InChI is InChI=1S/C19H29N3O3/c1-3-23-16-7-4-6-15(12-16)13-21-19(20-2)22-9-11-25-18(14-22)17-8-5-10-24-17/h4,6-7,12,17-18H,3,5,8-11,13-14H2,1-2H3,(H,20,21). The molecule has 0 saturated carbocycles. The van der Waals surface area contributed by atoms with E-state index in [1.807, 2.05) is 26.1 Å². The molecule has 2 aliphatic rings. The van der Waals surface area contributed by atoms with Gasteiger partial charge in [0.1, 0.15) is 11.9 Å². The number of nitrogens with zero attached hydrogens (tertiary/aromatic N) is 2. The first-order valence-electron chi connectivity index (χ1n) is 9.20. The zero-order valence-corrected chi connectivity index (χ0v) is 15.2. The predicted molar refractivity (Wildman–Crippen MR) is 98.1 cm³/mol. The lowest BCUT2D eigenvalue weighted by Crippen LogP contribution is -2.53. The van der Waals surface area contributed by atoms with E-state index in [1.165, 1.54) is 5.56 Å². The van der Waals surface area contributed by atoms with Gasteiger partial charge in [-0.05, 0) is 37.5 Å². The molecule has 25 heavy (non-hydrogen) atoms. The highest BCUT2D eigenvalue weighted by atomic mass is 16.5. The number of rotatable bonds is 5. The average Bonchev–Trinajstić information content (AvgIpc) is 3.18. The number of morpholine rings is 1. The summed E-state index contributed by atoms with van der Waals surface area (Å²) >= 11 is 0. The first kappa shape index (κ1) is 18.0. The van der Waals surface area contributed by atoms with E-state index >= 15 is 0 Å². The molecule has 0 bridgehead atoms. The van der Waals surface area contributed by atoms with Crippen molar-refractivity contribution in [2.24, 2.45) is 4.99 Å². The van der Waals surface area contributed by atoms with Crippen molar-refractivity contribution in [1.29, 1.82) is 0 Å². The first-order chi connectivity index (χ1) is 12.3. The fraction of sp³-hybridized carbons (Fsp3) is 0.632. The van der Waals surface area contributed by atoms with E-state index in [2.05, 4.69) is 27.3 Å². The second-order valence-electron chi connectivity index (χ2n) is 6.39. The van der Waals surface area contributed by atoms with Crippen LogP contribution >= 0.6 is 0 Å². The Balaban J connectivity index is 1.55. The van der Waals surface area contributed by atoms with Crippen molar-refractivity contribution < 1.29 is 14.2 Å². The lowest BCUT2D eigenvalue weighted by Gasteiger charge is -2.37. The van der Waals surface area contributed by atoms with Gasteiger partial charge < -0.3 is 24.4 Å². The average molecular weight is 347 g/mol. The Hall–Kier alpha value is -1.79. The maximum absolute atomic E-state index is 5.93. The molecule has 2 unspecified atom stereocenters. The van der Waals surface area contributed by atoms with Gasteiger partial charge in [0.25, 0.3) is 0 Å². The summed E-state index contributed by atoms with van der Waals surface area (Å²) in [5.74, 6) is 1.81. The molecular weight excluding hydrogens is 318 g/mol. The van der Waals surface area contributed by atoms with Gasteiger partial charge in [-0.3, -0.25) is 4.99 Å². The summed E-state index contributed by atoms with van der Waals surface area (Å²) in [6, 6.07) is 8.17. The molecule has 2 fully saturated rings. The monoisotopic (exact) mass is 347 g/mol. The van der Waals surface area contributed by atoms with Crippen LogP contribution in [-0.4, -0.2) is 63.0 Å². The van der Waals surface area contributed by atoms with E-state index in [1.54, 1.807) is 0 Å². The molecule has 0 radical (unpaired) electrons. The molecule has 2 heterocycles. The molecule has 0 spiro atoms. The van der Waals surface area contributed by atoms with Crippen molar-refractivity contribution >= 4 is 5.96 Å². The van der Waals surface area contributed by atoms with Crippen molar-refractivity contribution in [3.8, 4) is 5.75 Å². The molecule has 1 aromatic carbocycles. The predicted octanol–water partition coefficient (Wildman–Crippen LogP) is 2.04. The van der Waals surface area contributed by atoms with Gasteiger partial charge >= 0.3 is 0 Å². The zero-order valence-electron chi connectivity index (χ0n) is 15.2. The van der Waals surface area contributed by atoms with Crippen LogP contribution in [0, 0.1) is 0 Å². The highest BCUT2D eigenvalue weighted by molar-refractivity contribution is 5.80. The molecule has 0 aliphatic carbocycles. The van der Waals surface area contributed by atoms with Crippen LogP contribution in [0.25, 0.3) is 0 Å². The molecular formula is C19H29N3O3. The minimum absolute atomic E-state index is 0.135. The van der Waals surface area contributed by atoms with Crippen LogP contribution in [0.15, 0.2) is 29.3 Å². The number of aliphatic imine (C=N–C) groups is 1. The minimum Gasteiger partial charge on any atom is -0.494 e. The van der Waals surface area contributed by atoms with Crippen LogP contribution < -0.4 is 10.1 Å². The lowest BCUT2D eigenvalue weighted by molar-refractivity contribution is -0.0817. The van der Waals surface area contributed by atoms with Gasteiger partial charge in [-0.1, -0.05) is 12.1 Å². The van der Waals surface area contributed by atoms with Crippen molar-refractivity contribution in [2.45, 2.75) is 38.5 Å². The van der Waals surface area contributed by atoms with Crippen molar-refractivity contribution in [3.63, 3.8) is 0 Å². The normalized spacial score (nSPS) is 24.4. The Morgan fingerprint density at radius 2 is 2.20 bits per heavy atom. The van der Waals surface area contributed by atoms with E-state index < -0.39 is 0 Å². The number of hydrogen-bond donors (Lipinski definition) is 1. The summed E-state index contributed by atoms with van der Waals surface area (Å²) in [4.78, 5) is 6.72. The third-order valence-electron chi connectivity index (χ3n) is 4.64. The summed E-state index contributed by atoms with van der Waals surface area (Å²) < 4.78 is 17.3. The van der Waals surface area contributed by atoms with Crippen LogP contribution in [-0.2, 0) is 16.0 Å². The molecule has 6 heteroatoms. The number of nitrogens with one attached hydrogen (secondary N) is 1. The summed E-state index contributed by atoms with van der Waals surface area (Å²) in [5.41, 5.74) is 1.18. The lowest BCUT2D eigenvalue weighted by atomic mass is 10.1. The molecule has 1 N–H and O–H groups in total. The van der Waals surface area contributed by atoms with E-state index in [-0.39, 0.29) is 12.2 Å². The number of benzene rings is 1. The zero-order chi connectivity index (χ0) is 17.5. The maximum Gasteiger partial charge on any atom is 0.194 e. The van der Waals surface area contributed by atoms with E-state index in [0.29, 0.717) is 13.2 Å². The van der Waals surface area contributed by atoms with E-state index in [0.717, 1.165) is 50.8 Å². The summed E-state index contributed by atoms with van der Waals surface area (Å²) in [6.07, 6.45) is 2.59. The molecule has 2 atom stereocenters. The number of guanidine groups is 1. The second kappa shape index (κ2) is 9.06. The molecule has 3 rings (SSSR count). The van der Waals surface area contributed by atoms with Gasteiger partial charge in [0.05, 0.1) is 19.3 Å². The molecule has 1 aromatic rings. The topological polar surface area (TPSA) is 55.3 Å². The van der Waals surface area contributed by atoms with Gasteiger partial charge in [-0.25, -0.2) is 0 Å². The van der Waals surface area contributed by atoms with Crippen LogP contribution in [0.3, 0.4) is 0 Å². The van der Waals surface area contributed by atoms with Crippen LogP contribution in [0.4, 0.5) is 0 Å². The summed E-state index contributed by atoms with van der Waals surface area (Å²) in [6.45, 7) is 6.63. The maximum atomic E-state index is 5.93. The number of ether oxygens (including phenoxy) is 3. The quantitative estimate of drug-likeness (QED) is 0.653. The highest BCUT2D eigenvalue weighted by Crippen LogP contribution is 2.21. The minimum atomic E-state index is 0.135. The second-order valence-corrected chi connectivity index (χ2v) is 6.39. The third-order valence-corrected chi connectivity index (χ3v) is 4.64. The first-order valence-corrected chi connectivity index (χ1v) is 9.20.